The number of nitrogens with zero attached hydrogens (tertiary/aromatic N) is 3. The summed E-state index contributed by atoms with van der Waals surface area (Å²) in [6, 6.07) is 93.3. The van der Waals surface area contributed by atoms with Crippen LogP contribution in [-0.2, 0) is 21.7 Å². The Balaban J connectivity index is 1.06. The fourth-order valence-corrected chi connectivity index (χ4v) is 18.8. The highest BCUT2D eigenvalue weighted by molar-refractivity contribution is 7.26. The van der Waals surface area contributed by atoms with Gasteiger partial charge in [-0.15, -0.1) is 11.3 Å². The monoisotopic (exact) mass is 1470 g/mol. The predicted molar refractivity (Wildman–Crippen MR) is 479 cm³/mol. The van der Waals surface area contributed by atoms with Crippen molar-refractivity contribution in [2.45, 2.75) is 111 Å². The van der Waals surface area contributed by atoms with Crippen LogP contribution in [0.2, 0.25) is 0 Å². The molecule has 3 aromatic heterocycles. The minimum atomic E-state index is -0.591. The van der Waals surface area contributed by atoms with E-state index in [-0.39, 0.29) is 43.5 Å². The molecule has 0 amide bonds. The minimum absolute atomic E-state index is 0.00647. The minimum Gasteiger partial charge on any atom is -0.456 e. The number of benzene rings is 15. The van der Waals surface area contributed by atoms with Gasteiger partial charge in [-0.1, -0.05) is 332 Å². The van der Waals surface area contributed by atoms with Crippen LogP contribution in [0.1, 0.15) is 139 Å². The first-order chi connectivity index (χ1) is 57.4. The molecule has 5 heteroatoms. The third-order valence-electron chi connectivity index (χ3n) is 23.4. The zero-order valence-electron chi connectivity index (χ0n) is 73.1. The Morgan fingerprint density at radius 1 is 0.321 bits per heavy atom. The SMILES string of the molecule is [2H]c1c([2H])c([2H])c2c(c1[2H])c1c([2H])c([2H])c([2H])c([2H])c1n2-c1cc2c3c(c1)N(c1c(-c4ccccc4)cc4sc5ccccc5c4c1-c1ccccc1)c1cc(-c4cc(C(C)(C)C)cc(C(C)(C)C)c4)ccc1C3c1cc(-c3cc(C(C)(C)C)cc(C(C)(C)C)c3)ccc1N2c1c(-c2ccccc2)cc2oc3ccccc3c2c1-c1ccccc1. The predicted octanol–water partition coefficient (Wildman–Crippen LogP) is 31.0. The number of rotatable bonds is 9. The highest BCUT2D eigenvalue weighted by Crippen LogP contribution is 2.66. The maximum atomic E-state index is 10.4. The number of fused-ring (bicyclic) bond motifs is 13. The molecular weight excluding hydrogens is 1380 g/mol. The van der Waals surface area contributed by atoms with Gasteiger partial charge in [-0.2, -0.15) is 0 Å². The molecule has 2 aliphatic heterocycles. The Morgan fingerprint density at radius 3 is 1.30 bits per heavy atom. The van der Waals surface area contributed by atoms with Crippen molar-refractivity contribution in [1.82, 2.24) is 4.57 Å². The van der Waals surface area contributed by atoms with Gasteiger partial charge in [0.15, 0.2) is 0 Å². The maximum Gasteiger partial charge on any atom is 0.136 e. The lowest BCUT2D eigenvalue weighted by molar-refractivity contribution is 0.568. The Morgan fingerprint density at radius 2 is 0.768 bits per heavy atom. The number of hydrogen-bond donors (Lipinski definition) is 0. The molecule has 0 bridgehead atoms. The van der Waals surface area contributed by atoms with E-state index in [1.807, 2.05) is 18.2 Å². The Kier molecular flexibility index (Phi) is 13.9. The molecule has 0 radical (unpaired) electrons. The van der Waals surface area contributed by atoms with Gasteiger partial charge in [0.05, 0.1) is 61.8 Å². The van der Waals surface area contributed by atoms with Crippen LogP contribution in [0.15, 0.2) is 320 Å². The summed E-state index contributed by atoms with van der Waals surface area (Å²) in [6.07, 6.45) is 0. The standard InChI is InChI=1S/C107H89N3OS/c1-104(2,3)73-53-71(54-74(59-73)105(4,5)6)69-50-52-88-85(57-69)98-80-51-49-70(72-55-75(106(7,8)9)60-76(56-72)107(10,11)12)58-89(80)110(103-84(66-35-19-14-20-36-66)64-95-100(82-44-28-32-48-94(82)112-95)97(103)68-39-23-16-24-40-68)91-62-77(108-86-45-29-25-41-78(86)79-42-26-30-46-87(79)108)61-90(101(91)98)109(88)102-83(65-33-17-13-18-34-65)63-93-99(81-43-27-31-47-92(81)111-93)96(102)67-37-21-15-22-38-67/h13-64,98H,1-12H3/i25D,26D,29D,30D,41D,42D,45D,46D. The van der Waals surface area contributed by atoms with Crippen LogP contribution in [0.4, 0.5) is 34.1 Å². The summed E-state index contributed by atoms with van der Waals surface area (Å²) in [6.45, 7) is 27.5. The lowest BCUT2D eigenvalue weighted by Crippen LogP contribution is -2.30. The van der Waals surface area contributed by atoms with Crippen LogP contribution in [-0.4, -0.2) is 4.57 Å². The second-order valence-electron chi connectivity index (χ2n) is 34.6. The molecule has 0 N–H and O–H groups in total. The molecule has 20 rings (SSSR count). The number of furan rings is 1. The Bertz CT molecular complexity index is 7220. The Labute approximate surface area is 672 Å². The van der Waals surface area contributed by atoms with Crippen molar-refractivity contribution >= 4 is 109 Å². The van der Waals surface area contributed by atoms with E-state index < -0.39 is 54.3 Å². The third-order valence-corrected chi connectivity index (χ3v) is 24.5. The fourth-order valence-electron chi connectivity index (χ4n) is 17.6. The number of hydrogen-bond acceptors (Lipinski definition) is 4. The second kappa shape index (κ2) is 25.6. The van der Waals surface area contributed by atoms with Crippen molar-refractivity contribution in [2.24, 2.45) is 0 Å². The van der Waals surface area contributed by atoms with E-state index in [9.17, 15) is 11.0 Å². The average molecular weight is 1470 g/mol. The van der Waals surface area contributed by atoms with Crippen LogP contribution in [0.5, 0.6) is 0 Å². The normalized spacial score (nSPS) is 14.8. The summed E-state index contributed by atoms with van der Waals surface area (Å²) in [5, 5.41) is 3.96. The molecule has 0 aliphatic carbocycles. The topological polar surface area (TPSA) is 24.6 Å². The van der Waals surface area contributed by atoms with E-state index in [2.05, 4.69) is 342 Å². The summed E-state index contributed by atoms with van der Waals surface area (Å²) < 4.78 is 90.1. The first-order valence-electron chi connectivity index (χ1n) is 43.0. The van der Waals surface area contributed by atoms with E-state index in [0.29, 0.717) is 17.0 Å². The molecule has 1 unspecified atom stereocenters. The van der Waals surface area contributed by atoms with Gasteiger partial charge in [0, 0.05) is 75.5 Å². The van der Waals surface area contributed by atoms with E-state index in [0.717, 1.165) is 148 Å². The summed E-state index contributed by atoms with van der Waals surface area (Å²) in [5.74, 6) is -0.591. The van der Waals surface area contributed by atoms with Gasteiger partial charge in [-0.25, -0.2) is 0 Å². The Hall–Kier alpha value is -12.3. The molecule has 4 nitrogen and oxygen atoms in total. The van der Waals surface area contributed by atoms with Crippen LogP contribution in [0.3, 0.4) is 0 Å². The molecule has 0 fully saturated rings. The molecular formula is C107H89N3OS. The summed E-state index contributed by atoms with van der Waals surface area (Å²) in [5.41, 5.74) is 25.3. The smallest absolute Gasteiger partial charge is 0.136 e. The van der Waals surface area contributed by atoms with Crippen LogP contribution < -0.4 is 9.80 Å². The molecule has 2 aliphatic rings. The zero-order valence-corrected chi connectivity index (χ0v) is 66.0. The summed E-state index contributed by atoms with van der Waals surface area (Å²) in [7, 11) is 0. The van der Waals surface area contributed by atoms with Gasteiger partial charge in [-0.3, -0.25) is 0 Å². The van der Waals surface area contributed by atoms with Gasteiger partial charge < -0.3 is 18.8 Å². The maximum absolute atomic E-state index is 10.4. The van der Waals surface area contributed by atoms with Crippen molar-refractivity contribution in [3.8, 4) is 72.4 Å². The van der Waals surface area contributed by atoms with E-state index in [1.54, 1.807) is 15.9 Å². The molecule has 544 valence electrons. The fraction of sp³-hybridized carbons (Fsp3) is 0.159. The largest absolute Gasteiger partial charge is 0.456 e. The van der Waals surface area contributed by atoms with Crippen LogP contribution in [0, 0.1) is 0 Å². The van der Waals surface area contributed by atoms with E-state index in [1.165, 1.54) is 22.3 Å². The number of anilines is 6. The second-order valence-corrected chi connectivity index (χ2v) is 35.7. The molecule has 0 saturated carbocycles. The first-order valence-corrected chi connectivity index (χ1v) is 39.8. The van der Waals surface area contributed by atoms with Gasteiger partial charge in [0.2, 0.25) is 0 Å². The molecule has 112 heavy (non-hydrogen) atoms. The summed E-state index contributed by atoms with van der Waals surface area (Å²) >= 11 is 1.78. The van der Waals surface area contributed by atoms with E-state index in [4.69, 9.17) is 4.42 Å². The number of aromatic nitrogens is 1. The van der Waals surface area contributed by atoms with Crippen molar-refractivity contribution in [2.75, 3.05) is 9.80 Å². The van der Waals surface area contributed by atoms with Crippen molar-refractivity contribution in [1.29, 1.82) is 0 Å². The van der Waals surface area contributed by atoms with Gasteiger partial charge in [-0.05, 0) is 166 Å². The lowest BCUT2D eigenvalue weighted by atomic mass is 9.73. The van der Waals surface area contributed by atoms with E-state index >= 15 is 0 Å². The molecule has 0 saturated heterocycles. The highest BCUT2D eigenvalue weighted by Gasteiger charge is 2.45. The zero-order chi connectivity index (χ0) is 83.4. The van der Waals surface area contributed by atoms with Crippen molar-refractivity contribution in [3.05, 3.63) is 354 Å². The number of para-hydroxylation sites is 3. The average Bonchev–Trinajstić information content (AvgIpc) is 0.926. The molecule has 18 aromatic rings. The van der Waals surface area contributed by atoms with Gasteiger partial charge >= 0.3 is 0 Å². The first kappa shape index (κ1) is 60.5. The van der Waals surface area contributed by atoms with Gasteiger partial charge in [0.1, 0.15) is 11.2 Å². The molecule has 5 heterocycles. The van der Waals surface area contributed by atoms with Crippen LogP contribution in [0.25, 0.3) is 136 Å². The molecule has 0 spiro atoms. The quantitative estimate of drug-likeness (QED) is 0.144. The third kappa shape index (κ3) is 11.2. The lowest BCUT2D eigenvalue weighted by Gasteiger charge is -2.47. The highest BCUT2D eigenvalue weighted by atomic mass is 32.1. The summed E-state index contributed by atoms with van der Waals surface area (Å²) in [4.78, 5) is 4.98. The van der Waals surface area contributed by atoms with Crippen LogP contribution >= 0.6 is 11.3 Å². The number of thiophene rings is 1. The van der Waals surface area contributed by atoms with Crippen molar-refractivity contribution in [3.63, 3.8) is 0 Å². The van der Waals surface area contributed by atoms with Gasteiger partial charge in [0.25, 0.3) is 0 Å². The van der Waals surface area contributed by atoms with Crippen molar-refractivity contribution < 1.29 is 15.4 Å². The molecule has 15 aromatic carbocycles. The molecule has 1 atom stereocenters.